The van der Waals surface area contributed by atoms with E-state index in [0.29, 0.717) is 0 Å². The van der Waals surface area contributed by atoms with Crippen molar-refractivity contribution in [3.63, 3.8) is 0 Å². The predicted molar refractivity (Wildman–Crippen MR) is 57.2 cm³/mol. The van der Waals surface area contributed by atoms with Gasteiger partial charge in [-0.15, -0.1) is 0 Å². The Kier molecular flexibility index (Phi) is 37.9. The molecule has 15 heavy (non-hydrogen) atoms. The van der Waals surface area contributed by atoms with Crippen molar-refractivity contribution in [3.8, 4) is 0 Å². The summed E-state index contributed by atoms with van der Waals surface area (Å²) in [6.07, 6.45) is 16.0. The molecule has 82 valence electrons. The third-order valence-electron chi connectivity index (χ3n) is 2.13. The van der Waals surface area contributed by atoms with E-state index in [1.165, 1.54) is 51.4 Å². The SMILES string of the molecule is [CH-]1CCCC1.[CH-]1CCCC1.[Cl][Zn+].[Cl][Zn+].[Fe+2]. The zero-order valence-corrected chi connectivity index (χ0v) is 17.9. The molecular formula is C10H18Cl2FeZn2+2. The molecule has 0 aromatic carbocycles. The van der Waals surface area contributed by atoms with E-state index in [0.717, 1.165) is 34.6 Å². The van der Waals surface area contributed by atoms with Crippen molar-refractivity contribution in [1.29, 1.82) is 0 Å². The summed E-state index contributed by atoms with van der Waals surface area (Å²) in [5.41, 5.74) is 0. The Labute approximate surface area is 134 Å². The summed E-state index contributed by atoms with van der Waals surface area (Å²) in [7, 11) is 9.53. The molecule has 0 amide bonds. The van der Waals surface area contributed by atoms with Gasteiger partial charge in [0.15, 0.2) is 0 Å². The molecule has 0 saturated heterocycles. The van der Waals surface area contributed by atoms with E-state index in [-0.39, 0.29) is 17.1 Å². The van der Waals surface area contributed by atoms with Crippen LogP contribution in [0.15, 0.2) is 0 Å². The predicted octanol–water partition coefficient (Wildman–Crippen LogP) is 4.90. The molecule has 0 unspecified atom stereocenters. The van der Waals surface area contributed by atoms with Gasteiger partial charge in [-0.1, -0.05) is 25.7 Å². The maximum Gasteiger partial charge on any atom is 2.00 e. The molecule has 2 aliphatic carbocycles. The molecule has 0 aromatic heterocycles. The Hall–Kier alpha value is 2.35. The van der Waals surface area contributed by atoms with Crippen LogP contribution >= 0.6 is 19.4 Å². The van der Waals surface area contributed by atoms with E-state index in [2.05, 4.69) is 12.8 Å². The quantitative estimate of drug-likeness (QED) is 0.404. The van der Waals surface area contributed by atoms with E-state index in [1.54, 1.807) is 0 Å². The first kappa shape index (κ1) is 22.5. The van der Waals surface area contributed by atoms with Gasteiger partial charge in [0, 0.05) is 0 Å². The van der Waals surface area contributed by atoms with Crippen LogP contribution in [0.5, 0.6) is 0 Å². The Bertz CT molecular complexity index is 54.6. The average molecular weight is 396 g/mol. The molecule has 2 aliphatic rings. The summed E-state index contributed by atoms with van der Waals surface area (Å²) in [6, 6.07) is 0. The molecular weight excluding hydrogens is 378 g/mol. The van der Waals surface area contributed by atoms with Crippen LogP contribution in [0.1, 0.15) is 51.4 Å². The Morgan fingerprint density at radius 1 is 0.600 bits per heavy atom. The maximum atomic E-state index is 4.76. The standard InChI is InChI=1S/2C5H9.2ClH.Fe.2Zn/c2*1-2-4-5-3-1;;;;;/h2*1H,2-5H2;2*1H;;;/q2*-1;;;3*+2/p-2. The Morgan fingerprint density at radius 3 is 0.867 bits per heavy atom. The van der Waals surface area contributed by atoms with Crippen molar-refractivity contribution < 1.29 is 51.7 Å². The molecule has 0 bridgehead atoms. The molecule has 2 saturated carbocycles. The number of hydrogen-bond donors (Lipinski definition) is 0. The fourth-order valence-electron chi connectivity index (χ4n) is 1.44. The minimum atomic E-state index is 0. The summed E-state index contributed by atoms with van der Waals surface area (Å²) in [5.74, 6) is 0. The molecule has 0 spiro atoms. The first-order valence-electron chi connectivity index (χ1n) is 5.17. The first-order chi connectivity index (χ1) is 7.00. The van der Waals surface area contributed by atoms with Gasteiger partial charge >= 0.3 is 71.1 Å². The minimum absolute atomic E-state index is 0. The zero-order chi connectivity index (χ0) is 11.1. The molecule has 0 aromatic rings. The van der Waals surface area contributed by atoms with Crippen molar-refractivity contribution >= 4 is 19.4 Å². The van der Waals surface area contributed by atoms with Crippen LogP contribution < -0.4 is 0 Å². The molecule has 0 nitrogen and oxygen atoms in total. The van der Waals surface area contributed by atoms with Crippen molar-refractivity contribution in [2.24, 2.45) is 0 Å². The molecule has 0 atom stereocenters. The van der Waals surface area contributed by atoms with Crippen LogP contribution in [0.25, 0.3) is 0 Å². The van der Waals surface area contributed by atoms with Crippen LogP contribution in [-0.2, 0) is 51.7 Å². The second-order valence-corrected chi connectivity index (χ2v) is 3.15. The molecule has 2 rings (SSSR count). The Morgan fingerprint density at radius 2 is 0.800 bits per heavy atom. The second kappa shape index (κ2) is 25.3. The van der Waals surface area contributed by atoms with Crippen LogP contribution in [0.4, 0.5) is 0 Å². The van der Waals surface area contributed by atoms with Crippen LogP contribution in [0.3, 0.4) is 0 Å². The number of rotatable bonds is 0. The van der Waals surface area contributed by atoms with Crippen LogP contribution in [0.2, 0.25) is 0 Å². The van der Waals surface area contributed by atoms with Crippen LogP contribution in [-0.4, -0.2) is 0 Å². The van der Waals surface area contributed by atoms with Gasteiger partial charge in [0.1, 0.15) is 0 Å². The topological polar surface area (TPSA) is 0 Å². The van der Waals surface area contributed by atoms with E-state index >= 15 is 0 Å². The Balaban J connectivity index is -0.000000138. The van der Waals surface area contributed by atoms with Gasteiger partial charge < -0.3 is 12.8 Å². The summed E-state index contributed by atoms with van der Waals surface area (Å²) < 4.78 is 0. The fraction of sp³-hybridized carbons (Fsp3) is 0.800. The van der Waals surface area contributed by atoms with Gasteiger partial charge in [0.05, 0.1) is 0 Å². The van der Waals surface area contributed by atoms with Crippen LogP contribution in [0, 0.1) is 12.8 Å². The van der Waals surface area contributed by atoms with E-state index in [4.69, 9.17) is 19.4 Å². The van der Waals surface area contributed by atoms with E-state index in [9.17, 15) is 0 Å². The second-order valence-electron chi connectivity index (χ2n) is 3.15. The summed E-state index contributed by atoms with van der Waals surface area (Å²) in [4.78, 5) is 0. The molecule has 0 heterocycles. The first-order valence-corrected chi connectivity index (χ1v) is 13.0. The van der Waals surface area contributed by atoms with Gasteiger partial charge in [-0.2, -0.15) is 25.7 Å². The van der Waals surface area contributed by atoms with Gasteiger partial charge in [-0.05, 0) is 0 Å². The molecule has 0 radical (unpaired) electrons. The third kappa shape index (κ3) is 22.1. The third-order valence-corrected chi connectivity index (χ3v) is 2.13. The van der Waals surface area contributed by atoms with Crippen molar-refractivity contribution in [1.82, 2.24) is 0 Å². The van der Waals surface area contributed by atoms with Gasteiger partial charge in [0.25, 0.3) is 0 Å². The smallest absolute Gasteiger partial charge is 2.00 e. The van der Waals surface area contributed by atoms with Gasteiger partial charge in [-0.3, -0.25) is 0 Å². The fourth-order valence-corrected chi connectivity index (χ4v) is 1.44. The van der Waals surface area contributed by atoms with E-state index in [1.807, 2.05) is 0 Å². The van der Waals surface area contributed by atoms with Crippen molar-refractivity contribution in [3.05, 3.63) is 12.8 Å². The number of halogens is 2. The van der Waals surface area contributed by atoms with Crippen molar-refractivity contribution in [2.75, 3.05) is 0 Å². The largest absolute Gasteiger partial charge is 2.00 e. The zero-order valence-electron chi connectivity index (χ0n) is 9.34. The van der Waals surface area contributed by atoms with E-state index < -0.39 is 0 Å². The minimum Gasteiger partial charge on any atom is 2.00 e. The average Bonchev–Trinajstić information content (AvgIpc) is 3.01. The monoisotopic (exact) mass is 392 g/mol. The molecule has 0 aliphatic heterocycles. The molecule has 0 N–H and O–H groups in total. The van der Waals surface area contributed by atoms with Gasteiger partial charge in [-0.25, -0.2) is 0 Å². The van der Waals surface area contributed by atoms with Crippen molar-refractivity contribution in [2.45, 2.75) is 51.4 Å². The van der Waals surface area contributed by atoms with Gasteiger partial charge in [0.2, 0.25) is 0 Å². The maximum absolute atomic E-state index is 4.76. The molecule has 2 fully saturated rings. The molecule has 5 heteroatoms. The summed E-state index contributed by atoms with van der Waals surface area (Å²) in [6.45, 7) is 0. The number of hydrogen-bond acceptors (Lipinski definition) is 0. The summed E-state index contributed by atoms with van der Waals surface area (Å²) >= 11 is 1.69. The normalized spacial score (nSPS) is 16.9. The summed E-state index contributed by atoms with van der Waals surface area (Å²) in [5, 5.41) is 0.